The van der Waals surface area contributed by atoms with Crippen LogP contribution in [0.15, 0.2) is 65.6 Å². The van der Waals surface area contributed by atoms with E-state index in [9.17, 15) is 18.0 Å². The van der Waals surface area contributed by atoms with Crippen molar-refractivity contribution in [3.8, 4) is 11.5 Å². The Kier molecular flexibility index (Phi) is 7.52. The maximum Gasteiger partial charge on any atom is 0.321 e. The van der Waals surface area contributed by atoms with E-state index in [0.29, 0.717) is 43.4 Å². The van der Waals surface area contributed by atoms with Gasteiger partial charge in [-0.15, -0.1) is 0 Å². The number of carbonyl (C=O) groups excluding carboxylic acids is 2. The van der Waals surface area contributed by atoms with Gasteiger partial charge in [-0.05, 0) is 30.5 Å². The van der Waals surface area contributed by atoms with E-state index < -0.39 is 35.1 Å². The Morgan fingerprint density at radius 3 is 2.54 bits per heavy atom. The van der Waals surface area contributed by atoms with Crippen LogP contribution < -0.4 is 19.1 Å². The van der Waals surface area contributed by atoms with Gasteiger partial charge in [0.2, 0.25) is 10.0 Å². The molecule has 0 aromatic heterocycles. The minimum Gasteiger partial charge on any atom is -0.490 e. The summed E-state index contributed by atoms with van der Waals surface area (Å²) in [6, 6.07) is 17.5. The summed E-state index contributed by atoms with van der Waals surface area (Å²) in [5, 5.41) is 1.89. The van der Waals surface area contributed by atoms with Crippen LogP contribution in [0.2, 0.25) is 0 Å². The number of nitrogens with one attached hydrogen (secondary N) is 1. The summed E-state index contributed by atoms with van der Waals surface area (Å²) in [7, 11) is -4.01. The lowest BCUT2D eigenvalue weighted by molar-refractivity contribution is -0.146. The summed E-state index contributed by atoms with van der Waals surface area (Å²) in [4.78, 5) is 26.4. The largest absolute Gasteiger partial charge is 0.490 e. The summed E-state index contributed by atoms with van der Waals surface area (Å²) in [5.74, 6) is -0.495. The van der Waals surface area contributed by atoms with Crippen LogP contribution in [0.3, 0.4) is 0 Å². The van der Waals surface area contributed by atoms with E-state index in [-0.39, 0.29) is 4.90 Å². The van der Waals surface area contributed by atoms with Crippen molar-refractivity contribution in [2.24, 2.45) is 0 Å². The number of sulfonamides is 1. The maximum atomic E-state index is 12.8. The number of fused-ring (bicyclic) bond motifs is 2. The lowest BCUT2D eigenvalue weighted by Crippen LogP contribution is -2.36. The number of hydrogen-bond acceptors (Lipinski definition) is 7. The third-order valence-corrected chi connectivity index (χ3v) is 6.87. The Bertz CT molecular complexity index is 1340. The molecule has 1 aliphatic heterocycles. The van der Waals surface area contributed by atoms with Crippen LogP contribution in [0.1, 0.15) is 13.3 Å². The summed E-state index contributed by atoms with van der Waals surface area (Å²) in [6.45, 7) is 1.97. The zero-order valence-corrected chi connectivity index (χ0v) is 20.0. The molecular weight excluding hydrogens is 472 g/mol. The van der Waals surface area contributed by atoms with Gasteiger partial charge < -0.3 is 19.1 Å². The molecule has 3 aromatic carbocycles. The number of rotatable bonds is 8. The molecule has 1 aliphatic rings. The lowest BCUT2D eigenvalue weighted by Gasteiger charge is -2.22. The molecule has 0 saturated carbocycles. The standard InChI is InChI=1S/C25H26N2O7S/c1-2-27(21-10-5-8-18-7-3-4-9-20(18)21)24(28)17-34-25(29)16-26-35(30,31)19-11-12-22-23(15-19)33-14-6-13-32-22/h3-5,7-12,15,26H,2,6,13-14,16-17H2,1H3. The maximum absolute atomic E-state index is 12.8. The van der Waals surface area contributed by atoms with Crippen LogP contribution in [0.5, 0.6) is 11.5 Å². The molecule has 0 spiro atoms. The number of carbonyl (C=O) groups is 2. The van der Waals surface area contributed by atoms with E-state index >= 15 is 0 Å². The van der Waals surface area contributed by atoms with Crippen molar-refractivity contribution in [3.63, 3.8) is 0 Å². The third-order valence-electron chi connectivity index (χ3n) is 5.47. The fraction of sp³-hybridized carbons (Fsp3) is 0.280. The first-order valence-corrected chi connectivity index (χ1v) is 12.7. The predicted octanol–water partition coefficient (Wildman–Crippen LogP) is 2.88. The zero-order chi connectivity index (χ0) is 24.8. The second-order valence-corrected chi connectivity index (χ2v) is 9.55. The average Bonchev–Trinajstić information content (AvgIpc) is 3.12. The summed E-state index contributed by atoms with van der Waals surface area (Å²) < 4.78 is 43.5. The lowest BCUT2D eigenvalue weighted by atomic mass is 10.1. The minimum atomic E-state index is -4.01. The molecule has 9 nitrogen and oxygen atoms in total. The molecule has 0 atom stereocenters. The summed E-state index contributed by atoms with van der Waals surface area (Å²) >= 11 is 0. The molecule has 0 saturated heterocycles. The van der Waals surface area contributed by atoms with E-state index in [1.807, 2.05) is 49.4 Å². The molecule has 35 heavy (non-hydrogen) atoms. The fourth-order valence-electron chi connectivity index (χ4n) is 3.74. The highest BCUT2D eigenvalue weighted by Gasteiger charge is 2.22. The number of likely N-dealkylation sites (N-methyl/N-ethyl adjacent to an activating group) is 1. The monoisotopic (exact) mass is 498 g/mol. The smallest absolute Gasteiger partial charge is 0.321 e. The molecule has 0 fully saturated rings. The summed E-state index contributed by atoms with van der Waals surface area (Å²) in [5.41, 5.74) is 0.710. The van der Waals surface area contributed by atoms with Gasteiger partial charge in [-0.3, -0.25) is 9.59 Å². The van der Waals surface area contributed by atoms with Gasteiger partial charge in [-0.25, -0.2) is 8.42 Å². The SMILES string of the molecule is CCN(C(=O)COC(=O)CNS(=O)(=O)c1ccc2c(c1)OCCCO2)c1cccc2ccccc12. The third kappa shape index (κ3) is 5.72. The second-order valence-electron chi connectivity index (χ2n) is 7.78. The van der Waals surface area contributed by atoms with Gasteiger partial charge in [0.1, 0.15) is 6.54 Å². The van der Waals surface area contributed by atoms with Crippen molar-refractivity contribution >= 4 is 38.4 Å². The first kappa shape index (κ1) is 24.5. The van der Waals surface area contributed by atoms with Crippen molar-refractivity contribution in [1.82, 2.24) is 4.72 Å². The molecule has 0 bridgehead atoms. The van der Waals surface area contributed by atoms with Crippen molar-refractivity contribution in [2.75, 3.05) is 37.8 Å². The normalized spacial score (nSPS) is 13.2. The van der Waals surface area contributed by atoms with E-state index in [2.05, 4.69) is 4.72 Å². The van der Waals surface area contributed by atoms with Gasteiger partial charge in [0.15, 0.2) is 18.1 Å². The van der Waals surface area contributed by atoms with E-state index in [1.165, 1.54) is 23.1 Å². The highest BCUT2D eigenvalue weighted by Crippen LogP contribution is 2.32. The molecular formula is C25H26N2O7S. The Morgan fingerprint density at radius 2 is 1.74 bits per heavy atom. The first-order valence-electron chi connectivity index (χ1n) is 11.2. The van der Waals surface area contributed by atoms with Gasteiger partial charge in [-0.2, -0.15) is 4.72 Å². The van der Waals surface area contributed by atoms with Crippen molar-refractivity contribution in [3.05, 3.63) is 60.7 Å². The number of anilines is 1. The van der Waals surface area contributed by atoms with Crippen LogP contribution in [0.25, 0.3) is 10.8 Å². The molecule has 4 rings (SSSR count). The summed E-state index contributed by atoms with van der Waals surface area (Å²) in [6.07, 6.45) is 0.690. The van der Waals surface area contributed by atoms with Gasteiger partial charge in [0.25, 0.3) is 5.91 Å². The number of esters is 1. The van der Waals surface area contributed by atoms with Gasteiger partial charge in [0.05, 0.1) is 23.8 Å². The zero-order valence-electron chi connectivity index (χ0n) is 19.2. The van der Waals surface area contributed by atoms with Crippen LogP contribution in [0.4, 0.5) is 5.69 Å². The second kappa shape index (κ2) is 10.7. The number of benzene rings is 3. The van der Waals surface area contributed by atoms with Crippen molar-refractivity contribution in [2.45, 2.75) is 18.2 Å². The predicted molar refractivity (Wildman–Crippen MR) is 130 cm³/mol. The Labute approximate surface area is 203 Å². The molecule has 3 aromatic rings. The molecule has 1 N–H and O–H groups in total. The van der Waals surface area contributed by atoms with Gasteiger partial charge in [-0.1, -0.05) is 36.4 Å². The van der Waals surface area contributed by atoms with Crippen LogP contribution >= 0.6 is 0 Å². The minimum absolute atomic E-state index is 0.0706. The molecule has 0 aliphatic carbocycles. The first-order chi connectivity index (χ1) is 16.9. The van der Waals surface area contributed by atoms with E-state index in [4.69, 9.17) is 14.2 Å². The molecule has 0 unspecified atom stereocenters. The Balaban J connectivity index is 1.35. The van der Waals surface area contributed by atoms with Crippen molar-refractivity contribution < 1.29 is 32.2 Å². The molecule has 1 amide bonds. The highest BCUT2D eigenvalue weighted by atomic mass is 32.2. The molecule has 184 valence electrons. The number of nitrogens with zero attached hydrogens (tertiary/aromatic N) is 1. The van der Waals surface area contributed by atoms with E-state index in [0.717, 1.165) is 10.8 Å². The fourth-order valence-corrected chi connectivity index (χ4v) is 4.73. The molecule has 1 heterocycles. The van der Waals surface area contributed by atoms with Crippen molar-refractivity contribution in [1.29, 1.82) is 0 Å². The number of hydrogen-bond donors (Lipinski definition) is 1. The van der Waals surface area contributed by atoms with Crippen LogP contribution in [0, 0.1) is 0 Å². The van der Waals surface area contributed by atoms with Gasteiger partial charge in [0, 0.05) is 24.4 Å². The number of amides is 1. The molecule has 0 radical (unpaired) electrons. The topological polar surface area (TPSA) is 111 Å². The highest BCUT2D eigenvalue weighted by molar-refractivity contribution is 7.89. The number of ether oxygens (including phenoxy) is 3. The Morgan fingerprint density at radius 1 is 1.00 bits per heavy atom. The Hall–Kier alpha value is -3.63. The van der Waals surface area contributed by atoms with Crippen LogP contribution in [-0.4, -0.2) is 53.2 Å². The van der Waals surface area contributed by atoms with Gasteiger partial charge >= 0.3 is 5.97 Å². The van der Waals surface area contributed by atoms with Crippen LogP contribution in [-0.2, 0) is 24.3 Å². The molecule has 10 heteroatoms. The van der Waals surface area contributed by atoms with E-state index in [1.54, 1.807) is 0 Å². The quantitative estimate of drug-likeness (QED) is 0.476. The average molecular weight is 499 g/mol.